The van der Waals surface area contributed by atoms with Crippen molar-refractivity contribution in [3.63, 3.8) is 0 Å². The van der Waals surface area contributed by atoms with Gasteiger partial charge in [-0.3, -0.25) is 0 Å². The molecule has 0 bridgehead atoms. The molecule has 29 heavy (non-hydrogen) atoms. The average molecular weight is 398 g/mol. The van der Waals surface area contributed by atoms with Gasteiger partial charge in [-0.25, -0.2) is 0 Å². The van der Waals surface area contributed by atoms with Crippen LogP contribution in [0.5, 0.6) is 11.5 Å². The Hall–Kier alpha value is -2.00. The quantitative estimate of drug-likeness (QED) is 0.313. The zero-order valence-corrected chi connectivity index (χ0v) is 18.4. The third-order valence-electron chi connectivity index (χ3n) is 5.05. The van der Waals surface area contributed by atoms with Crippen molar-refractivity contribution in [2.45, 2.75) is 78.3 Å². The first-order valence-electron chi connectivity index (χ1n) is 11.5. The minimum absolute atomic E-state index is 0.769. The Labute approximate surface area is 177 Å². The van der Waals surface area contributed by atoms with Gasteiger partial charge in [0.05, 0.1) is 13.2 Å². The summed E-state index contributed by atoms with van der Waals surface area (Å²) in [5, 5.41) is 3.53. The molecule has 3 nitrogen and oxygen atoms in total. The molecule has 0 aliphatic carbocycles. The number of hydrogen-bond acceptors (Lipinski definition) is 3. The molecule has 0 spiro atoms. The number of unbranched alkanes of at least 4 members (excludes halogenated alkanes) is 6. The molecule has 0 saturated heterocycles. The molecule has 1 N–H and O–H groups in total. The first-order valence-corrected chi connectivity index (χ1v) is 11.5. The van der Waals surface area contributed by atoms with Crippen molar-refractivity contribution < 1.29 is 9.47 Å². The van der Waals surface area contributed by atoms with Crippen molar-refractivity contribution >= 4 is 0 Å². The molecule has 0 fully saturated rings. The summed E-state index contributed by atoms with van der Waals surface area (Å²) >= 11 is 0. The first kappa shape index (κ1) is 23.3. The van der Waals surface area contributed by atoms with E-state index in [2.05, 4.69) is 67.7 Å². The van der Waals surface area contributed by atoms with Crippen LogP contribution in [0.2, 0.25) is 0 Å². The molecular formula is C26H39NO2. The average Bonchev–Trinajstić information content (AvgIpc) is 2.75. The number of benzene rings is 2. The molecule has 3 heteroatoms. The fourth-order valence-electron chi connectivity index (χ4n) is 3.27. The summed E-state index contributed by atoms with van der Waals surface area (Å²) in [6.07, 6.45) is 9.73. The smallest absolute Gasteiger partial charge is 0.127 e. The Morgan fingerprint density at radius 1 is 0.690 bits per heavy atom. The molecule has 160 valence electrons. The summed E-state index contributed by atoms with van der Waals surface area (Å²) in [5.41, 5.74) is 2.48. The van der Waals surface area contributed by atoms with Crippen LogP contribution >= 0.6 is 0 Å². The van der Waals surface area contributed by atoms with Crippen molar-refractivity contribution in [3.8, 4) is 11.5 Å². The van der Waals surface area contributed by atoms with Crippen LogP contribution in [0.1, 0.15) is 76.3 Å². The number of hydrogen-bond donors (Lipinski definition) is 1. The van der Waals surface area contributed by atoms with Crippen molar-refractivity contribution in [1.29, 1.82) is 0 Å². The second-order valence-electron chi connectivity index (χ2n) is 7.68. The van der Waals surface area contributed by atoms with Gasteiger partial charge in [-0.05, 0) is 24.5 Å². The van der Waals surface area contributed by atoms with Crippen LogP contribution in [-0.2, 0) is 13.1 Å². The molecule has 0 aliphatic rings. The maximum atomic E-state index is 6.15. The summed E-state index contributed by atoms with van der Waals surface area (Å²) in [6, 6.07) is 16.8. The molecule has 0 atom stereocenters. The maximum Gasteiger partial charge on any atom is 0.127 e. The number of rotatable bonds is 16. The molecule has 0 aliphatic heterocycles. The lowest BCUT2D eigenvalue weighted by atomic mass is 10.1. The van der Waals surface area contributed by atoms with E-state index in [0.29, 0.717) is 0 Å². The van der Waals surface area contributed by atoms with Crippen molar-refractivity contribution in [2.24, 2.45) is 0 Å². The van der Waals surface area contributed by atoms with E-state index in [4.69, 9.17) is 9.47 Å². The van der Waals surface area contributed by atoms with Crippen LogP contribution in [0.4, 0.5) is 0 Å². The van der Waals surface area contributed by atoms with Gasteiger partial charge in [0.15, 0.2) is 0 Å². The minimum atomic E-state index is 0.769. The molecule has 2 aromatic carbocycles. The van der Waals surface area contributed by atoms with Gasteiger partial charge in [-0.15, -0.1) is 0 Å². The predicted molar refractivity (Wildman–Crippen MR) is 123 cm³/mol. The third kappa shape index (κ3) is 9.85. The SMILES string of the molecule is CCCCCCOc1ccc(CNCc2ccccc2)c(OCCCCCC)c1. The lowest BCUT2D eigenvalue weighted by Gasteiger charge is -2.15. The van der Waals surface area contributed by atoms with Gasteiger partial charge in [0.1, 0.15) is 11.5 Å². The van der Waals surface area contributed by atoms with Gasteiger partial charge in [0, 0.05) is 24.7 Å². The van der Waals surface area contributed by atoms with E-state index in [-0.39, 0.29) is 0 Å². The molecule has 0 saturated carbocycles. The van der Waals surface area contributed by atoms with E-state index in [1.165, 1.54) is 49.7 Å². The molecular weight excluding hydrogens is 358 g/mol. The largest absolute Gasteiger partial charge is 0.493 e. The highest BCUT2D eigenvalue weighted by molar-refractivity contribution is 5.40. The normalized spacial score (nSPS) is 10.8. The zero-order chi connectivity index (χ0) is 20.6. The van der Waals surface area contributed by atoms with Crippen LogP contribution in [0.3, 0.4) is 0 Å². The molecule has 0 heterocycles. The predicted octanol–water partition coefficient (Wildman–Crippen LogP) is 6.89. The molecule has 0 radical (unpaired) electrons. The van der Waals surface area contributed by atoms with Crippen molar-refractivity contribution in [2.75, 3.05) is 13.2 Å². The summed E-state index contributed by atoms with van der Waals surface area (Å²) in [6.45, 7) is 7.66. The molecule has 0 aromatic heterocycles. The van der Waals surface area contributed by atoms with Gasteiger partial charge in [0.25, 0.3) is 0 Å². The zero-order valence-electron chi connectivity index (χ0n) is 18.4. The molecule has 2 aromatic rings. The molecule has 2 rings (SSSR count). The van der Waals surface area contributed by atoms with Gasteiger partial charge in [0.2, 0.25) is 0 Å². The topological polar surface area (TPSA) is 30.5 Å². The van der Waals surface area contributed by atoms with Crippen LogP contribution < -0.4 is 14.8 Å². The Morgan fingerprint density at radius 2 is 1.38 bits per heavy atom. The maximum absolute atomic E-state index is 6.15. The lowest BCUT2D eigenvalue weighted by Crippen LogP contribution is -2.14. The monoisotopic (exact) mass is 397 g/mol. The van der Waals surface area contributed by atoms with E-state index in [1.807, 2.05) is 0 Å². The van der Waals surface area contributed by atoms with E-state index >= 15 is 0 Å². The molecule has 0 amide bonds. The standard InChI is InChI=1S/C26H39NO2/c1-3-5-7-12-18-28-25-17-16-24(22-27-21-23-14-10-9-11-15-23)26(20-25)29-19-13-8-6-4-2/h9-11,14-17,20,27H,3-8,12-13,18-19,21-22H2,1-2H3. The second kappa shape index (κ2) is 14.9. The second-order valence-corrected chi connectivity index (χ2v) is 7.68. The Bertz CT molecular complexity index is 657. The highest BCUT2D eigenvalue weighted by Crippen LogP contribution is 2.26. The summed E-state index contributed by atoms with van der Waals surface area (Å²) < 4.78 is 12.1. The van der Waals surface area contributed by atoms with Gasteiger partial charge >= 0.3 is 0 Å². The van der Waals surface area contributed by atoms with Gasteiger partial charge in [-0.2, -0.15) is 0 Å². The van der Waals surface area contributed by atoms with Gasteiger partial charge < -0.3 is 14.8 Å². The van der Waals surface area contributed by atoms with Gasteiger partial charge in [-0.1, -0.05) is 88.8 Å². The summed E-state index contributed by atoms with van der Waals surface area (Å²) in [5.74, 6) is 1.87. The molecule has 0 unspecified atom stereocenters. The Morgan fingerprint density at radius 3 is 2.07 bits per heavy atom. The van der Waals surface area contributed by atoms with Crippen LogP contribution in [0.25, 0.3) is 0 Å². The van der Waals surface area contributed by atoms with E-state index in [1.54, 1.807) is 0 Å². The minimum Gasteiger partial charge on any atom is -0.493 e. The number of nitrogens with one attached hydrogen (secondary N) is 1. The fraction of sp³-hybridized carbons (Fsp3) is 0.538. The summed E-state index contributed by atoms with van der Waals surface area (Å²) in [4.78, 5) is 0. The number of ether oxygens (including phenoxy) is 2. The lowest BCUT2D eigenvalue weighted by molar-refractivity contribution is 0.288. The summed E-state index contributed by atoms with van der Waals surface area (Å²) in [7, 11) is 0. The van der Waals surface area contributed by atoms with Crippen LogP contribution in [-0.4, -0.2) is 13.2 Å². The van der Waals surface area contributed by atoms with E-state index in [9.17, 15) is 0 Å². The highest BCUT2D eigenvalue weighted by atomic mass is 16.5. The highest BCUT2D eigenvalue weighted by Gasteiger charge is 2.07. The first-order chi connectivity index (χ1) is 14.3. The Balaban J connectivity index is 1.89. The van der Waals surface area contributed by atoms with E-state index in [0.717, 1.165) is 50.6 Å². The van der Waals surface area contributed by atoms with Crippen LogP contribution in [0, 0.1) is 0 Å². The fourth-order valence-corrected chi connectivity index (χ4v) is 3.27. The van der Waals surface area contributed by atoms with Crippen molar-refractivity contribution in [3.05, 3.63) is 59.7 Å². The van der Waals surface area contributed by atoms with Crippen LogP contribution in [0.15, 0.2) is 48.5 Å². The van der Waals surface area contributed by atoms with E-state index < -0.39 is 0 Å². The Kier molecular flexibility index (Phi) is 12.0. The third-order valence-corrected chi connectivity index (χ3v) is 5.05. The van der Waals surface area contributed by atoms with Crippen molar-refractivity contribution in [1.82, 2.24) is 5.32 Å².